The van der Waals surface area contributed by atoms with Crippen LogP contribution in [-0.4, -0.2) is 53.3 Å². The lowest BCUT2D eigenvalue weighted by Gasteiger charge is -2.33. The van der Waals surface area contributed by atoms with Gasteiger partial charge in [-0.3, -0.25) is 9.78 Å². The highest BCUT2D eigenvalue weighted by Gasteiger charge is 2.41. The fraction of sp³-hybridized carbons (Fsp3) is 0.556. The van der Waals surface area contributed by atoms with Crippen LogP contribution < -0.4 is 16.0 Å². The van der Waals surface area contributed by atoms with Gasteiger partial charge in [-0.15, -0.1) is 24.8 Å². The van der Waals surface area contributed by atoms with Gasteiger partial charge in [-0.2, -0.15) is 4.98 Å². The van der Waals surface area contributed by atoms with Gasteiger partial charge in [0.15, 0.2) is 0 Å². The van der Waals surface area contributed by atoms with Crippen LogP contribution in [0.25, 0.3) is 11.4 Å². The van der Waals surface area contributed by atoms with Gasteiger partial charge in [-0.25, -0.2) is 0 Å². The average Bonchev–Trinajstić information content (AvgIpc) is 3.31. The van der Waals surface area contributed by atoms with Crippen molar-refractivity contribution in [2.24, 2.45) is 5.41 Å². The monoisotopic (exact) mass is 428 g/mol. The van der Waals surface area contributed by atoms with Crippen LogP contribution in [0.1, 0.15) is 25.2 Å². The SMILES string of the molecule is Cl.Cl.O=C(NCCc1nc(-c2cccnc2)no1)C1CC2(CCNCC2)CN1. The van der Waals surface area contributed by atoms with Crippen LogP contribution in [0, 0.1) is 5.41 Å². The Kier molecular flexibility index (Phi) is 8.18. The van der Waals surface area contributed by atoms with E-state index in [0.717, 1.165) is 44.5 Å². The normalized spacial score (nSPS) is 20.2. The van der Waals surface area contributed by atoms with E-state index in [2.05, 4.69) is 31.1 Å². The van der Waals surface area contributed by atoms with E-state index in [1.165, 1.54) is 0 Å². The minimum Gasteiger partial charge on any atom is -0.354 e. The summed E-state index contributed by atoms with van der Waals surface area (Å²) in [5, 5.41) is 13.7. The molecule has 2 aliphatic rings. The molecule has 2 aromatic rings. The number of rotatable bonds is 5. The third kappa shape index (κ3) is 5.20. The summed E-state index contributed by atoms with van der Waals surface area (Å²) in [5.41, 5.74) is 1.10. The highest BCUT2D eigenvalue weighted by Crippen LogP contribution is 2.37. The lowest BCUT2D eigenvalue weighted by atomic mass is 9.77. The van der Waals surface area contributed by atoms with E-state index in [1.807, 2.05) is 12.1 Å². The Morgan fingerprint density at radius 3 is 2.89 bits per heavy atom. The summed E-state index contributed by atoms with van der Waals surface area (Å²) >= 11 is 0. The summed E-state index contributed by atoms with van der Waals surface area (Å²) in [7, 11) is 0. The van der Waals surface area contributed by atoms with Crippen LogP contribution in [0.15, 0.2) is 29.0 Å². The van der Waals surface area contributed by atoms with Crippen LogP contribution in [0.2, 0.25) is 0 Å². The highest BCUT2D eigenvalue weighted by molar-refractivity contribution is 5.85. The van der Waals surface area contributed by atoms with Gasteiger partial charge in [0, 0.05) is 37.5 Å². The Hall–Kier alpha value is -1.74. The van der Waals surface area contributed by atoms with E-state index in [4.69, 9.17) is 4.52 Å². The van der Waals surface area contributed by atoms with Gasteiger partial charge in [0.25, 0.3) is 0 Å². The first-order valence-electron chi connectivity index (χ1n) is 9.19. The van der Waals surface area contributed by atoms with Crippen LogP contribution >= 0.6 is 24.8 Å². The maximum absolute atomic E-state index is 12.4. The smallest absolute Gasteiger partial charge is 0.237 e. The van der Waals surface area contributed by atoms with Crippen molar-refractivity contribution in [3.63, 3.8) is 0 Å². The first-order valence-corrected chi connectivity index (χ1v) is 9.19. The molecule has 0 aliphatic carbocycles. The zero-order chi connectivity index (χ0) is 17.8. The molecule has 10 heteroatoms. The first-order chi connectivity index (χ1) is 12.7. The second-order valence-corrected chi connectivity index (χ2v) is 7.18. The second-order valence-electron chi connectivity index (χ2n) is 7.18. The predicted octanol–water partition coefficient (Wildman–Crippen LogP) is 1.37. The number of halogens is 2. The molecule has 0 bridgehead atoms. The molecule has 28 heavy (non-hydrogen) atoms. The van der Waals surface area contributed by atoms with Crippen molar-refractivity contribution in [2.75, 3.05) is 26.2 Å². The molecule has 154 valence electrons. The van der Waals surface area contributed by atoms with Crippen molar-refractivity contribution < 1.29 is 9.32 Å². The van der Waals surface area contributed by atoms with Crippen LogP contribution in [0.4, 0.5) is 0 Å². The van der Waals surface area contributed by atoms with Gasteiger partial charge in [0.2, 0.25) is 17.6 Å². The van der Waals surface area contributed by atoms with Crippen molar-refractivity contribution in [1.29, 1.82) is 0 Å². The van der Waals surface area contributed by atoms with Crippen molar-refractivity contribution in [3.8, 4) is 11.4 Å². The van der Waals surface area contributed by atoms with E-state index in [1.54, 1.807) is 12.4 Å². The predicted molar refractivity (Wildman–Crippen MR) is 110 cm³/mol. The maximum atomic E-state index is 12.4. The van der Waals surface area contributed by atoms with Gasteiger partial charge in [-0.1, -0.05) is 5.16 Å². The number of nitrogens with zero attached hydrogens (tertiary/aromatic N) is 3. The molecule has 0 saturated carbocycles. The highest BCUT2D eigenvalue weighted by atomic mass is 35.5. The number of pyridine rings is 1. The molecule has 1 spiro atoms. The number of nitrogens with one attached hydrogen (secondary N) is 3. The van der Waals surface area contributed by atoms with E-state index in [9.17, 15) is 4.79 Å². The lowest BCUT2D eigenvalue weighted by molar-refractivity contribution is -0.122. The van der Waals surface area contributed by atoms with E-state index < -0.39 is 0 Å². The topological polar surface area (TPSA) is 105 Å². The largest absolute Gasteiger partial charge is 0.354 e. The Bertz CT molecular complexity index is 752. The molecule has 2 aromatic heterocycles. The Morgan fingerprint density at radius 2 is 2.14 bits per heavy atom. The molecule has 1 unspecified atom stereocenters. The molecule has 0 radical (unpaired) electrons. The number of carbonyl (C=O) groups excluding carboxylic acids is 1. The van der Waals surface area contributed by atoms with Gasteiger partial charge >= 0.3 is 0 Å². The van der Waals surface area contributed by atoms with E-state index in [0.29, 0.717) is 30.1 Å². The van der Waals surface area contributed by atoms with Crippen molar-refractivity contribution in [1.82, 2.24) is 31.1 Å². The summed E-state index contributed by atoms with van der Waals surface area (Å²) < 4.78 is 5.25. The molecule has 2 fully saturated rings. The maximum Gasteiger partial charge on any atom is 0.237 e. The van der Waals surface area contributed by atoms with E-state index in [-0.39, 0.29) is 36.8 Å². The summed E-state index contributed by atoms with van der Waals surface area (Å²) in [5.74, 6) is 1.09. The standard InChI is InChI=1S/C18H24N6O2.2ClH/c25-17(14-10-18(12-22-14)4-8-19-9-5-18)21-7-3-15-23-16(24-26-15)13-2-1-6-20-11-13;;/h1-2,6,11,14,19,22H,3-5,7-10,12H2,(H,21,25);2*1H. The Labute approximate surface area is 176 Å². The average molecular weight is 429 g/mol. The fourth-order valence-electron chi connectivity index (χ4n) is 3.82. The number of hydrogen-bond donors (Lipinski definition) is 3. The summed E-state index contributed by atoms with van der Waals surface area (Å²) in [6, 6.07) is 3.61. The van der Waals surface area contributed by atoms with Gasteiger partial charge in [0.1, 0.15) is 0 Å². The van der Waals surface area contributed by atoms with Crippen molar-refractivity contribution in [2.45, 2.75) is 31.7 Å². The quantitative estimate of drug-likeness (QED) is 0.659. The summed E-state index contributed by atoms with van der Waals surface area (Å²) in [6.45, 7) is 3.52. The molecule has 8 nitrogen and oxygen atoms in total. The zero-order valence-electron chi connectivity index (χ0n) is 15.5. The molecule has 0 aromatic carbocycles. The summed E-state index contributed by atoms with van der Waals surface area (Å²) in [4.78, 5) is 20.8. The number of carbonyl (C=O) groups is 1. The second kappa shape index (κ2) is 10.2. The number of hydrogen-bond acceptors (Lipinski definition) is 7. The molecule has 2 saturated heterocycles. The molecule has 1 atom stereocenters. The third-order valence-corrected chi connectivity index (χ3v) is 5.37. The Morgan fingerprint density at radius 1 is 1.32 bits per heavy atom. The fourth-order valence-corrected chi connectivity index (χ4v) is 3.82. The van der Waals surface area contributed by atoms with Gasteiger partial charge in [0.05, 0.1) is 6.04 Å². The molecular formula is C18H26Cl2N6O2. The van der Waals surface area contributed by atoms with Crippen LogP contribution in [0.5, 0.6) is 0 Å². The molecule has 4 rings (SSSR count). The molecular weight excluding hydrogens is 403 g/mol. The number of aromatic nitrogens is 3. The number of piperidine rings is 1. The van der Waals surface area contributed by atoms with Crippen molar-refractivity contribution >= 4 is 30.7 Å². The molecule has 3 N–H and O–H groups in total. The van der Waals surface area contributed by atoms with Gasteiger partial charge in [-0.05, 0) is 49.9 Å². The minimum atomic E-state index is -0.0956. The number of amides is 1. The molecule has 1 amide bonds. The minimum absolute atomic E-state index is 0. The molecule has 2 aliphatic heterocycles. The molecule has 4 heterocycles. The first kappa shape index (κ1) is 22.5. The van der Waals surface area contributed by atoms with Crippen LogP contribution in [0.3, 0.4) is 0 Å². The summed E-state index contributed by atoms with van der Waals surface area (Å²) in [6.07, 6.45) is 7.11. The van der Waals surface area contributed by atoms with E-state index >= 15 is 0 Å². The van der Waals surface area contributed by atoms with Crippen LogP contribution in [-0.2, 0) is 11.2 Å². The lowest BCUT2D eigenvalue weighted by Crippen LogP contribution is -2.41. The zero-order valence-corrected chi connectivity index (χ0v) is 17.2. The third-order valence-electron chi connectivity index (χ3n) is 5.37. The Balaban J connectivity index is 0.00000140. The van der Waals surface area contributed by atoms with Gasteiger partial charge < -0.3 is 20.5 Å². The van der Waals surface area contributed by atoms with Crippen molar-refractivity contribution in [3.05, 3.63) is 30.4 Å².